The molecular weight excluding hydrogens is 308 g/mol. The summed E-state index contributed by atoms with van der Waals surface area (Å²) in [4.78, 5) is 13.1. The fourth-order valence-corrected chi connectivity index (χ4v) is 3.00. The van der Waals surface area contributed by atoms with Crippen LogP contribution in [0.2, 0.25) is 0 Å². The highest BCUT2D eigenvalue weighted by Gasteiger charge is 2.24. The zero-order chi connectivity index (χ0) is 13.8. The number of nitro benzene ring substituents is 1. The van der Waals surface area contributed by atoms with Crippen molar-refractivity contribution in [1.82, 2.24) is 0 Å². The lowest BCUT2D eigenvalue weighted by Crippen LogP contribution is -2.33. The molecule has 0 amide bonds. The second kappa shape index (κ2) is 6.37. The van der Waals surface area contributed by atoms with Crippen LogP contribution in [0.15, 0.2) is 18.2 Å². The van der Waals surface area contributed by atoms with Gasteiger partial charge in [0.25, 0.3) is 5.69 Å². The molecule has 104 valence electrons. The maximum absolute atomic E-state index is 11.2. The van der Waals surface area contributed by atoms with Gasteiger partial charge in [0.15, 0.2) is 0 Å². The number of hydrogen-bond acceptors (Lipinski definition) is 3. The number of benzene rings is 1. The highest BCUT2D eigenvalue weighted by atomic mass is 79.9. The predicted octanol–water partition coefficient (Wildman–Crippen LogP) is 4.12. The molecule has 0 radical (unpaired) electrons. The van der Waals surface area contributed by atoms with Crippen LogP contribution in [0.4, 0.5) is 11.4 Å². The number of hydrogen-bond donors (Lipinski definition) is 0. The molecule has 0 aromatic heterocycles. The summed E-state index contributed by atoms with van der Waals surface area (Å²) in [5.41, 5.74) is 1.94. The first kappa shape index (κ1) is 14.3. The average molecular weight is 327 g/mol. The lowest BCUT2D eigenvalue weighted by Gasteiger charge is -2.32. The molecular formula is C14H19BrN2O2. The summed E-state index contributed by atoms with van der Waals surface area (Å²) in [6.45, 7) is 4.06. The zero-order valence-electron chi connectivity index (χ0n) is 11.1. The Morgan fingerprint density at radius 3 is 2.63 bits per heavy atom. The van der Waals surface area contributed by atoms with Crippen LogP contribution in [0, 0.1) is 16.0 Å². The summed E-state index contributed by atoms with van der Waals surface area (Å²) in [7, 11) is 0. The summed E-state index contributed by atoms with van der Waals surface area (Å²) >= 11 is 3.34. The van der Waals surface area contributed by atoms with E-state index in [4.69, 9.17) is 0 Å². The Bertz CT molecular complexity index is 457. The van der Waals surface area contributed by atoms with E-state index in [2.05, 4.69) is 27.8 Å². The molecule has 0 bridgehead atoms. The van der Waals surface area contributed by atoms with E-state index in [-0.39, 0.29) is 10.6 Å². The monoisotopic (exact) mass is 326 g/mol. The van der Waals surface area contributed by atoms with E-state index in [0.717, 1.165) is 43.1 Å². The van der Waals surface area contributed by atoms with Crippen molar-refractivity contribution in [2.24, 2.45) is 5.92 Å². The first-order valence-electron chi connectivity index (χ1n) is 6.74. The fraction of sp³-hybridized carbons (Fsp3) is 0.571. The van der Waals surface area contributed by atoms with Crippen molar-refractivity contribution in [2.75, 3.05) is 18.0 Å². The lowest BCUT2D eigenvalue weighted by molar-refractivity contribution is -0.384. The van der Waals surface area contributed by atoms with E-state index in [1.807, 2.05) is 12.1 Å². The third kappa shape index (κ3) is 3.26. The molecule has 0 spiro atoms. The summed E-state index contributed by atoms with van der Waals surface area (Å²) in [6.07, 6.45) is 3.47. The Morgan fingerprint density at radius 2 is 2.11 bits per heavy atom. The maximum atomic E-state index is 11.2. The molecule has 0 aliphatic carbocycles. The van der Waals surface area contributed by atoms with Gasteiger partial charge in [0.1, 0.15) is 5.69 Å². The van der Waals surface area contributed by atoms with Crippen LogP contribution >= 0.6 is 15.9 Å². The molecule has 2 rings (SSSR count). The third-order valence-corrected chi connectivity index (χ3v) is 4.57. The van der Waals surface area contributed by atoms with Crippen LogP contribution in [-0.4, -0.2) is 18.0 Å². The van der Waals surface area contributed by atoms with Gasteiger partial charge >= 0.3 is 0 Å². The summed E-state index contributed by atoms with van der Waals surface area (Å²) in [5, 5.41) is 11.9. The maximum Gasteiger partial charge on any atom is 0.292 e. The van der Waals surface area contributed by atoms with E-state index in [1.54, 1.807) is 6.07 Å². The number of nitrogens with zero attached hydrogens (tertiary/aromatic N) is 2. The van der Waals surface area contributed by atoms with Gasteiger partial charge in [-0.15, -0.1) is 0 Å². The highest BCUT2D eigenvalue weighted by molar-refractivity contribution is 9.08. The quantitative estimate of drug-likeness (QED) is 0.475. The van der Waals surface area contributed by atoms with Gasteiger partial charge in [-0.3, -0.25) is 10.1 Å². The Balaban J connectivity index is 2.22. The van der Waals surface area contributed by atoms with Crippen molar-refractivity contribution in [2.45, 2.75) is 31.5 Å². The van der Waals surface area contributed by atoms with Crippen LogP contribution in [0.5, 0.6) is 0 Å². The van der Waals surface area contributed by atoms with Gasteiger partial charge in [0.05, 0.1) is 4.92 Å². The molecule has 1 aliphatic heterocycles. The second-order valence-corrected chi connectivity index (χ2v) is 5.61. The molecule has 0 unspecified atom stereocenters. The minimum Gasteiger partial charge on any atom is -0.366 e. The Morgan fingerprint density at radius 1 is 1.42 bits per heavy atom. The standard InChI is InChI=1S/C14H19BrN2O2/c1-2-11-5-7-16(8-6-11)13-4-3-12(10-15)9-14(13)17(18)19/h3-4,9,11H,2,5-8,10H2,1H3. The molecule has 0 atom stereocenters. The Kier molecular flexibility index (Phi) is 4.80. The molecule has 1 aromatic carbocycles. The van der Waals surface area contributed by atoms with Crippen molar-refractivity contribution in [3.8, 4) is 0 Å². The zero-order valence-corrected chi connectivity index (χ0v) is 12.7. The highest BCUT2D eigenvalue weighted by Crippen LogP contribution is 2.33. The summed E-state index contributed by atoms with van der Waals surface area (Å²) in [5.74, 6) is 0.775. The molecule has 0 saturated carbocycles. The van der Waals surface area contributed by atoms with Crippen molar-refractivity contribution in [3.63, 3.8) is 0 Å². The van der Waals surface area contributed by atoms with E-state index in [0.29, 0.717) is 5.33 Å². The normalized spacial score (nSPS) is 16.6. The van der Waals surface area contributed by atoms with Crippen molar-refractivity contribution >= 4 is 27.3 Å². The van der Waals surface area contributed by atoms with Gasteiger partial charge in [-0.1, -0.05) is 35.3 Å². The van der Waals surface area contributed by atoms with Crippen molar-refractivity contribution < 1.29 is 4.92 Å². The molecule has 0 N–H and O–H groups in total. The Labute approximate surface area is 122 Å². The lowest BCUT2D eigenvalue weighted by atomic mass is 9.94. The molecule has 1 saturated heterocycles. The number of alkyl halides is 1. The van der Waals surface area contributed by atoms with Crippen LogP contribution in [-0.2, 0) is 5.33 Å². The van der Waals surface area contributed by atoms with Gasteiger partial charge in [-0.05, 0) is 30.4 Å². The molecule has 19 heavy (non-hydrogen) atoms. The van der Waals surface area contributed by atoms with E-state index in [1.165, 1.54) is 6.42 Å². The minimum absolute atomic E-state index is 0.229. The summed E-state index contributed by atoms with van der Waals surface area (Å²) in [6, 6.07) is 5.53. The van der Waals surface area contributed by atoms with Crippen LogP contribution < -0.4 is 4.90 Å². The molecule has 5 heteroatoms. The minimum atomic E-state index is -0.270. The third-order valence-electron chi connectivity index (χ3n) is 3.92. The summed E-state index contributed by atoms with van der Waals surface area (Å²) < 4.78 is 0. The average Bonchev–Trinajstić information content (AvgIpc) is 2.46. The second-order valence-electron chi connectivity index (χ2n) is 5.05. The number of piperidine rings is 1. The molecule has 1 aromatic rings. The first-order valence-corrected chi connectivity index (χ1v) is 7.86. The first-order chi connectivity index (χ1) is 9.15. The van der Waals surface area contributed by atoms with Gasteiger partial charge in [0, 0.05) is 24.5 Å². The number of nitro groups is 1. The van der Waals surface area contributed by atoms with Crippen LogP contribution in [0.1, 0.15) is 31.7 Å². The number of rotatable bonds is 4. The van der Waals surface area contributed by atoms with Crippen molar-refractivity contribution in [1.29, 1.82) is 0 Å². The van der Waals surface area contributed by atoms with Gasteiger partial charge in [-0.25, -0.2) is 0 Å². The SMILES string of the molecule is CCC1CCN(c2ccc(CBr)cc2[N+](=O)[O-])CC1. The molecule has 4 nitrogen and oxygen atoms in total. The predicted molar refractivity (Wildman–Crippen MR) is 81.0 cm³/mol. The topological polar surface area (TPSA) is 46.4 Å². The molecule has 1 fully saturated rings. The Hall–Kier alpha value is -1.10. The number of anilines is 1. The van der Waals surface area contributed by atoms with Gasteiger partial charge in [-0.2, -0.15) is 0 Å². The van der Waals surface area contributed by atoms with Gasteiger partial charge < -0.3 is 4.90 Å². The van der Waals surface area contributed by atoms with E-state index >= 15 is 0 Å². The van der Waals surface area contributed by atoms with E-state index in [9.17, 15) is 10.1 Å². The van der Waals surface area contributed by atoms with Gasteiger partial charge in [0.2, 0.25) is 0 Å². The molecule has 1 aliphatic rings. The van der Waals surface area contributed by atoms with Crippen molar-refractivity contribution in [3.05, 3.63) is 33.9 Å². The smallest absolute Gasteiger partial charge is 0.292 e. The largest absolute Gasteiger partial charge is 0.366 e. The van der Waals surface area contributed by atoms with Crippen LogP contribution in [0.25, 0.3) is 0 Å². The van der Waals surface area contributed by atoms with E-state index < -0.39 is 0 Å². The molecule has 1 heterocycles. The van der Waals surface area contributed by atoms with Crippen LogP contribution in [0.3, 0.4) is 0 Å². The number of halogens is 1. The fourth-order valence-electron chi connectivity index (χ4n) is 2.65.